The maximum atomic E-state index is 9.47. The number of hydrogen-bond donors (Lipinski definition) is 2. The van der Waals surface area contributed by atoms with Gasteiger partial charge in [0.15, 0.2) is 0 Å². The molecule has 0 saturated heterocycles. The van der Waals surface area contributed by atoms with Crippen molar-refractivity contribution in [2.45, 2.75) is 0 Å². The Labute approximate surface area is 55.7 Å². The molecule has 5 nitrogen and oxygen atoms in total. The van der Waals surface area contributed by atoms with Crippen molar-refractivity contribution in [3.63, 3.8) is 0 Å². The first kappa shape index (κ1) is 11.0. The van der Waals surface area contributed by atoms with E-state index in [1.165, 1.54) is 0 Å². The van der Waals surface area contributed by atoms with Gasteiger partial charge in [0.2, 0.25) is 0 Å². The monoisotopic (exact) mass is 182 g/mol. The minimum absolute atomic E-state index is 0. The van der Waals surface area contributed by atoms with E-state index in [2.05, 4.69) is 4.52 Å². The standard InChI is InChI=1S/CH3O5P.Fe/c2-1-6-7(3,4)5;/h1H,(H2,3,4,5);. The molecule has 0 amide bonds. The molecule has 0 spiro atoms. The van der Waals surface area contributed by atoms with Crippen LogP contribution in [0.3, 0.4) is 0 Å². The zero-order valence-corrected chi connectivity index (χ0v) is 5.50. The third-order valence-corrected chi connectivity index (χ3v) is 0.541. The molecule has 0 aromatic heterocycles. The van der Waals surface area contributed by atoms with Crippen LogP contribution in [0.15, 0.2) is 0 Å². The summed E-state index contributed by atoms with van der Waals surface area (Å²) >= 11 is 0. The Hall–Kier alpha value is 0.139. The number of carbonyl (C=O) groups excluding carboxylic acids is 1. The first-order valence-corrected chi connectivity index (χ1v) is 2.77. The van der Waals surface area contributed by atoms with Crippen LogP contribution in [0.5, 0.6) is 0 Å². The molecule has 50 valence electrons. The van der Waals surface area contributed by atoms with Crippen molar-refractivity contribution >= 4 is 14.3 Å². The van der Waals surface area contributed by atoms with Gasteiger partial charge < -0.3 is 4.52 Å². The maximum Gasteiger partial charge on any atom is 0.526 e. The van der Waals surface area contributed by atoms with Crippen molar-refractivity contribution < 1.29 is 40.7 Å². The van der Waals surface area contributed by atoms with E-state index in [1.807, 2.05) is 0 Å². The molecule has 0 aliphatic carbocycles. The number of rotatable bonds is 2. The minimum Gasteiger partial charge on any atom is -0.373 e. The van der Waals surface area contributed by atoms with Gasteiger partial charge in [-0.05, 0) is 0 Å². The molecule has 0 unspecified atom stereocenters. The molecule has 0 aromatic rings. The molecule has 8 heavy (non-hydrogen) atoms. The Morgan fingerprint density at radius 3 is 1.88 bits per heavy atom. The van der Waals surface area contributed by atoms with Crippen LogP contribution >= 0.6 is 7.82 Å². The summed E-state index contributed by atoms with van der Waals surface area (Å²) in [5.41, 5.74) is 0. The summed E-state index contributed by atoms with van der Waals surface area (Å²) in [5.74, 6) is 0. The van der Waals surface area contributed by atoms with Crippen LogP contribution in [-0.4, -0.2) is 16.3 Å². The van der Waals surface area contributed by atoms with Gasteiger partial charge in [-0.15, -0.1) is 0 Å². The fourth-order valence-corrected chi connectivity index (χ4v) is 0.168. The van der Waals surface area contributed by atoms with Crippen LogP contribution in [0.25, 0.3) is 0 Å². The van der Waals surface area contributed by atoms with Crippen LogP contribution in [-0.2, 0) is 31.0 Å². The van der Waals surface area contributed by atoms with Gasteiger partial charge in [-0.2, -0.15) is 0 Å². The van der Waals surface area contributed by atoms with Gasteiger partial charge in [0.25, 0.3) is 0 Å². The Kier molecular flexibility index (Phi) is 5.59. The van der Waals surface area contributed by atoms with Crippen molar-refractivity contribution in [2.75, 3.05) is 0 Å². The largest absolute Gasteiger partial charge is 0.526 e. The van der Waals surface area contributed by atoms with Crippen molar-refractivity contribution in [1.82, 2.24) is 0 Å². The van der Waals surface area contributed by atoms with E-state index >= 15 is 0 Å². The quantitative estimate of drug-likeness (QED) is 0.333. The molecule has 0 aliphatic rings. The van der Waals surface area contributed by atoms with Crippen LogP contribution in [0.4, 0.5) is 0 Å². The average Bonchev–Trinajstić information content (AvgIpc) is 1.30. The van der Waals surface area contributed by atoms with Crippen LogP contribution < -0.4 is 0 Å². The Balaban J connectivity index is 0. The van der Waals surface area contributed by atoms with Crippen LogP contribution in [0.1, 0.15) is 0 Å². The Morgan fingerprint density at radius 2 is 1.88 bits per heavy atom. The summed E-state index contributed by atoms with van der Waals surface area (Å²) in [6, 6.07) is 0. The van der Waals surface area contributed by atoms with Gasteiger partial charge in [-0.1, -0.05) is 0 Å². The molecule has 0 saturated carbocycles. The Bertz CT molecular complexity index is 105. The summed E-state index contributed by atoms with van der Waals surface area (Å²) in [5, 5.41) is 0. The molecule has 0 radical (unpaired) electrons. The number of phosphoric ester groups is 1. The maximum absolute atomic E-state index is 9.47. The van der Waals surface area contributed by atoms with Crippen molar-refractivity contribution in [2.24, 2.45) is 0 Å². The van der Waals surface area contributed by atoms with E-state index in [9.17, 15) is 4.57 Å². The van der Waals surface area contributed by atoms with Crippen molar-refractivity contribution in [3.8, 4) is 0 Å². The van der Waals surface area contributed by atoms with Gasteiger partial charge in [0, 0.05) is 17.1 Å². The smallest absolute Gasteiger partial charge is 0.373 e. The second-order valence-corrected chi connectivity index (χ2v) is 1.88. The van der Waals surface area contributed by atoms with Gasteiger partial charge in [0.05, 0.1) is 0 Å². The molecular weight excluding hydrogens is 179 g/mol. The third kappa shape index (κ3) is 9.46. The molecule has 0 rings (SSSR count). The third-order valence-electron chi connectivity index (χ3n) is 0.180. The Morgan fingerprint density at radius 1 is 1.50 bits per heavy atom. The summed E-state index contributed by atoms with van der Waals surface area (Å²) in [6.45, 7) is -0.305. The first-order chi connectivity index (χ1) is 3.06. The summed E-state index contributed by atoms with van der Waals surface area (Å²) in [6.07, 6.45) is 0. The van der Waals surface area contributed by atoms with Crippen molar-refractivity contribution in [3.05, 3.63) is 0 Å². The predicted molar refractivity (Wildman–Crippen MR) is 19.2 cm³/mol. The van der Waals surface area contributed by atoms with Gasteiger partial charge in [0.1, 0.15) is 0 Å². The number of phosphoric acid groups is 1. The molecule has 0 fully saturated rings. The summed E-state index contributed by atoms with van der Waals surface area (Å²) in [4.78, 5) is 24.5. The second-order valence-electron chi connectivity index (χ2n) is 0.692. The van der Waals surface area contributed by atoms with Gasteiger partial charge in [-0.3, -0.25) is 14.6 Å². The molecule has 2 N–H and O–H groups in total. The normalized spacial score (nSPS) is 9.25. The minimum atomic E-state index is -4.53. The van der Waals surface area contributed by atoms with E-state index in [0.717, 1.165) is 0 Å². The number of carbonyl (C=O) groups is 1. The molecule has 0 aliphatic heterocycles. The molecular formula is CH3FeO5P. The van der Waals surface area contributed by atoms with E-state index in [-0.39, 0.29) is 23.5 Å². The first-order valence-electron chi connectivity index (χ1n) is 1.24. The van der Waals surface area contributed by atoms with Crippen LogP contribution in [0, 0.1) is 0 Å². The summed E-state index contributed by atoms with van der Waals surface area (Å²) in [7, 11) is -4.53. The molecule has 0 atom stereocenters. The summed E-state index contributed by atoms with van der Waals surface area (Å²) < 4.78 is 12.7. The van der Waals surface area contributed by atoms with Gasteiger partial charge >= 0.3 is 14.3 Å². The van der Waals surface area contributed by atoms with E-state index in [1.54, 1.807) is 0 Å². The van der Waals surface area contributed by atoms with E-state index < -0.39 is 7.82 Å². The molecule has 0 aromatic carbocycles. The topological polar surface area (TPSA) is 83.8 Å². The molecule has 0 bridgehead atoms. The molecule has 7 heteroatoms. The van der Waals surface area contributed by atoms with Gasteiger partial charge in [-0.25, -0.2) is 4.57 Å². The number of hydrogen-bond acceptors (Lipinski definition) is 3. The molecule has 0 heterocycles. The average molecular weight is 182 g/mol. The second kappa shape index (κ2) is 4.06. The van der Waals surface area contributed by atoms with E-state index in [0.29, 0.717) is 0 Å². The van der Waals surface area contributed by atoms with Crippen LogP contribution in [0.2, 0.25) is 0 Å². The predicted octanol–water partition coefficient (Wildman–Crippen LogP) is -0.750. The SMILES string of the molecule is O=COP(=O)(O)O.[Fe]. The fourth-order valence-electron chi connectivity index (χ4n) is 0.0561. The fraction of sp³-hybridized carbons (Fsp3) is 0. The zero-order chi connectivity index (χ0) is 5.91. The van der Waals surface area contributed by atoms with E-state index in [4.69, 9.17) is 14.6 Å². The zero-order valence-electron chi connectivity index (χ0n) is 3.50. The van der Waals surface area contributed by atoms with Crippen molar-refractivity contribution in [1.29, 1.82) is 0 Å².